The third kappa shape index (κ3) is 2.55. The van der Waals surface area contributed by atoms with Gasteiger partial charge in [0.25, 0.3) is 0 Å². The number of hydrogen-bond donors (Lipinski definition) is 0. The molecule has 0 atom stereocenters. The molecule has 0 aliphatic carbocycles. The molecule has 6 heteroatoms. The van der Waals surface area contributed by atoms with Crippen molar-refractivity contribution in [3.63, 3.8) is 0 Å². The maximum atomic E-state index is 13.5. The van der Waals surface area contributed by atoms with Crippen LogP contribution < -0.4 is 0 Å². The molecule has 0 N–H and O–H groups in total. The van der Waals surface area contributed by atoms with Gasteiger partial charge in [0, 0.05) is 18.4 Å². The summed E-state index contributed by atoms with van der Waals surface area (Å²) in [6.07, 6.45) is 0.639. The van der Waals surface area contributed by atoms with Crippen LogP contribution in [0.2, 0.25) is 5.02 Å². The molecule has 0 spiro atoms. The number of alkyl halides is 1. The first kappa shape index (κ1) is 13.9. The monoisotopic (exact) mass is 328 g/mol. The first-order valence-electron chi connectivity index (χ1n) is 6.10. The van der Waals surface area contributed by atoms with Gasteiger partial charge in [0.2, 0.25) is 0 Å². The molecule has 0 fully saturated rings. The molecule has 2 aromatic heterocycles. The zero-order chi connectivity index (χ0) is 14.1. The summed E-state index contributed by atoms with van der Waals surface area (Å²) in [6, 6.07) is 5.06. The molecule has 0 saturated heterocycles. The summed E-state index contributed by atoms with van der Waals surface area (Å²) < 4.78 is 15.6. The van der Waals surface area contributed by atoms with Crippen molar-refractivity contribution < 1.29 is 4.39 Å². The summed E-state index contributed by atoms with van der Waals surface area (Å²) in [4.78, 5) is 4.47. The average molecular weight is 329 g/mol. The second kappa shape index (κ2) is 5.72. The SMILES string of the molecule is Fc1cc2nc(CCCl)n(Cc3ccsc3)c2cc1Cl. The predicted octanol–water partition coefficient (Wildman–Crippen LogP) is 4.72. The summed E-state index contributed by atoms with van der Waals surface area (Å²) >= 11 is 13.4. The Balaban J connectivity index is 2.15. The van der Waals surface area contributed by atoms with Crippen molar-refractivity contribution >= 4 is 45.6 Å². The van der Waals surface area contributed by atoms with Crippen LogP contribution in [0.25, 0.3) is 11.0 Å². The highest BCUT2D eigenvalue weighted by Gasteiger charge is 2.13. The van der Waals surface area contributed by atoms with Crippen LogP contribution in [0.5, 0.6) is 0 Å². The van der Waals surface area contributed by atoms with Gasteiger partial charge in [-0.2, -0.15) is 11.3 Å². The quantitative estimate of drug-likeness (QED) is 0.633. The Kier molecular flexibility index (Phi) is 3.96. The van der Waals surface area contributed by atoms with Crippen molar-refractivity contribution in [2.24, 2.45) is 0 Å². The molecular formula is C14H11Cl2FN2S. The fourth-order valence-electron chi connectivity index (χ4n) is 2.19. The lowest BCUT2D eigenvalue weighted by atomic mass is 10.3. The highest BCUT2D eigenvalue weighted by atomic mass is 35.5. The van der Waals surface area contributed by atoms with Crippen molar-refractivity contribution in [1.82, 2.24) is 9.55 Å². The van der Waals surface area contributed by atoms with E-state index in [1.54, 1.807) is 17.4 Å². The van der Waals surface area contributed by atoms with Gasteiger partial charge in [-0.25, -0.2) is 9.37 Å². The molecule has 1 aromatic carbocycles. The lowest BCUT2D eigenvalue weighted by Gasteiger charge is -2.07. The molecular weight excluding hydrogens is 318 g/mol. The Morgan fingerprint density at radius 3 is 2.90 bits per heavy atom. The average Bonchev–Trinajstić information content (AvgIpc) is 3.02. The zero-order valence-corrected chi connectivity index (χ0v) is 12.8. The molecule has 0 saturated carbocycles. The third-order valence-electron chi connectivity index (χ3n) is 3.11. The summed E-state index contributed by atoms with van der Waals surface area (Å²) in [5, 5.41) is 4.23. The summed E-state index contributed by atoms with van der Waals surface area (Å²) in [5.41, 5.74) is 2.63. The third-order valence-corrected chi connectivity index (χ3v) is 4.32. The van der Waals surface area contributed by atoms with Crippen molar-refractivity contribution in [3.8, 4) is 0 Å². The number of benzene rings is 1. The van der Waals surface area contributed by atoms with E-state index in [0.717, 1.165) is 11.3 Å². The molecule has 2 heterocycles. The molecule has 0 unspecified atom stereocenters. The first-order chi connectivity index (χ1) is 9.69. The van der Waals surface area contributed by atoms with Gasteiger partial charge in [0.1, 0.15) is 11.6 Å². The number of thiophene rings is 1. The fourth-order valence-corrected chi connectivity index (χ4v) is 3.17. The molecule has 0 bridgehead atoms. The smallest absolute Gasteiger partial charge is 0.144 e. The Morgan fingerprint density at radius 1 is 1.35 bits per heavy atom. The predicted molar refractivity (Wildman–Crippen MR) is 82.5 cm³/mol. The Hall–Kier alpha value is -1.10. The van der Waals surface area contributed by atoms with E-state index in [1.807, 2.05) is 9.95 Å². The summed E-state index contributed by atoms with van der Waals surface area (Å²) in [5.74, 6) is 0.878. The maximum Gasteiger partial charge on any atom is 0.144 e. The molecule has 0 amide bonds. The van der Waals surface area contributed by atoms with Gasteiger partial charge in [-0.3, -0.25) is 0 Å². The second-order valence-corrected chi connectivity index (χ2v) is 6.00. The van der Waals surface area contributed by atoms with Crippen LogP contribution in [0.4, 0.5) is 4.39 Å². The van der Waals surface area contributed by atoms with Gasteiger partial charge in [-0.1, -0.05) is 11.6 Å². The second-order valence-electron chi connectivity index (χ2n) is 4.44. The molecule has 20 heavy (non-hydrogen) atoms. The van der Waals surface area contributed by atoms with Gasteiger partial charge in [-0.15, -0.1) is 11.6 Å². The molecule has 2 nitrogen and oxygen atoms in total. The van der Waals surface area contributed by atoms with Gasteiger partial charge in [0.05, 0.1) is 22.6 Å². The number of fused-ring (bicyclic) bond motifs is 1. The van der Waals surface area contributed by atoms with Crippen LogP contribution in [0.1, 0.15) is 11.4 Å². The lowest BCUT2D eigenvalue weighted by Crippen LogP contribution is -2.05. The van der Waals surface area contributed by atoms with Crippen molar-refractivity contribution in [1.29, 1.82) is 0 Å². The van der Waals surface area contributed by atoms with Gasteiger partial charge in [0.15, 0.2) is 0 Å². The highest BCUT2D eigenvalue weighted by Crippen LogP contribution is 2.25. The van der Waals surface area contributed by atoms with Crippen molar-refractivity contribution in [2.45, 2.75) is 13.0 Å². The van der Waals surface area contributed by atoms with Crippen molar-refractivity contribution in [3.05, 3.63) is 51.2 Å². The topological polar surface area (TPSA) is 17.8 Å². The molecule has 3 rings (SSSR count). The van der Waals surface area contributed by atoms with Crippen LogP contribution in [0, 0.1) is 5.82 Å². The van der Waals surface area contributed by atoms with Gasteiger partial charge in [-0.05, 0) is 28.5 Å². The zero-order valence-electron chi connectivity index (χ0n) is 10.4. The van der Waals surface area contributed by atoms with Gasteiger partial charge >= 0.3 is 0 Å². The summed E-state index contributed by atoms with van der Waals surface area (Å²) in [6.45, 7) is 0.689. The maximum absolute atomic E-state index is 13.5. The van der Waals surface area contributed by atoms with E-state index < -0.39 is 5.82 Å². The molecule has 104 valence electrons. The first-order valence-corrected chi connectivity index (χ1v) is 7.96. The van der Waals surface area contributed by atoms with Crippen LogP contribution >= 0.6 is 34.5 Å². The lowest BCUT2D eigenvalue weighted by molar-refractivity contribution is 0.629. The highest BCUT2D eigenvalue weighted by molar-refractivity contribution is 7.07. The largest absolute Gasteiger partial charge is 0.323 e. The standard InChI is InChI=1S/C14H11Cl2FN2S/c15-3-1-14-18-12-6-11(17)10(16)5-13(12)19(14)7-9-2-4-20-8-9/h2,4-6,8H,1,3,7H2. The van der Waals surface area contributed by atoms with E-state index in [9.17, 15) is 4.39 Å². The van der Waals surface area contributed by atoms with E-state index in [2.05, 4.69) is 16.4 Å². The van der Waals surface area contributed by atoms with E-state index in [4.69, 9.17) is 23.2 Å². The molecule has 0 aliphatic heterocycles. The number of halogens is 3. The van der Waals surface area contributed by atoms with Crippen molar-refractivity contribution in [2.75, 3.05) is 5.88 Å². The molecule has 0 radical (unpaired) electrons. The number of imidazole rings is 1. The molecule has 0 aliphatic rings. The van der Waals surface area contributed by atoms with E-state index >= 15 is 0 Å². The Labute approximate surface area is 129 Å². The normalized spacial score (nSPS) is 11.3. The van der Waals surface area contributed by atoms with E-state index in [0.29, 0.717) is 24.4 Å². The minimum Gasteiger partial charge on any atom is -0.323 e. The van der Waals surface area contributed by atoms with Crippen LogP contribution in [-0.4, -0.2) is 15.4 Å². The number of hydrogen-bond acceptors (Lipinski definition) is 2. The van der Waals surface area contributed by atoms with Crippen LogP contribution in [0.15, 0.2) is 29.0 Å². The number of aromatic nitrogens is 2. The Bertz CT molecular complexity index is 737. The molecule has 3 aromatic rings. The summed E-state index contributed by atoms with van der Waals surface area (Å²) in [7, 11) is 0. The minimum absolute atomic E-state index is 0.112. The number of aryl methyl sites for hydroxylation is 1. The number of nitrogens with zero attached hydrogens (tertiary/aromatic N) is 2. The Morgan fingerprint density at radius 2 is 2.20 bits per heavy atom. The van der Waals surface area contributed by atoms with E-state index in [1.165, 1.54) is 11.6 Å². The van der Waals surface area contributed by atoms with Crippen LogP contribution in [0.3, 0.4) is 0 Å². The fraction of sp³-hybridized carbons (Fsp3) is 0.214. The minimum atomic E-state index is -0.447. The van der Waals surface area contributed by atoms with E-state index in [-0.39, 0.29) is 5.02 Å². The number of rotatable bonds is 4. The van der Waals surface area contributed by atoms with Crippen LogP contribution in [-0.2, 0) is 13.0 Å². The van der Waals surface area contributed by atoms with Gasteiger partial charge < -0.3 is 4.57 Å².